The summed E-state index contributed by atoms with van der Waals surface area (Å²) in [4.78, 5) is 50.5. The van der Waals surface area contributed by atoms with Crippen LogP contribution in [0.4, 0.5) is 0 Å². The molecule has 6 N–H and O–H groups in total. The molecule has 10 heteroatoms. The fourth-order valence-electron chi connectivity index (χ4n) is 3.70. The number of nitrogens with two attached hydrogens (primary N) is 1. The van der Waals surface area contributed by atoms with E-state index >= 15 is 0 Å². The van der Waals surface area contributed by atoms with Crippen LogP contribution in [0.2, 0.25) is 0 Å². The molecular formula is C27H36N4O5S. The number of rotatable bonds is 14. The summed E-state index contributed by atoms with van der Waals surface area (Å²) in [5.41, 5.74) is 7.72. The molecule has 0 aliphatic rings. The van der Waals surface area contributed by atoms with Gasteiger partial charge in [0.15, 0.2) is 0 Å². The second-order valence-corrected chi connectivity index (χ2v) is 9.37. The molecule has 5 atom stereocenters. The van der Waals surface area contributed by atoms with Gasteiger partial charge in [-0.1, -0.05) is 80.9 Å². The topological polar surface area (TPSA) is 151 Å². The van der Waals surface area contributed by atoms with Crippen LogP contribution < -0.4 is 21.7 Å². The van der Waals surface area contributed by atoms with Crippen LogP contribution in [0.1, 0.15) is 31.4 Å². The average Bonchev–Trinajstić information content (AvgIpc) is 2.90. The molecule has 0 saturated carbocycles. The van der Waals surface area contributed by atoms with Crippen LogP contribution in [0.5, 0.6) is 0 Å². The summed E-state index contributed by atoms with van der Waals surface area (Å²) in [6.45, 7) is 3.69. The Morgan fingerprint density at radius 1 is 0.811 bits per heavy atom. The van der Waals surface area contributed by atoms with E-state index in [-0.39, 0.29) is 18.1 Å². The molecule has 2 aromatic rings. The quantitative estimate of drug-likeness (QED) is 0.204. The molecule has 0 radical (unpaired) electrons. The first kappa shape index (κ1) is 29.9. The van der Waals surface area contributed by atoms with Gasteiger partial charge in [-0.05, 0) is 23.5 Å². The maximum atomic E-state index is 13.1. The summed E-state index contributed by atoms with van der Waals surface area (Å²) < 4.78 is 0. The van der Waals surface area contributed by atoms with Gasteiger partial charge >= 0.3 is 5.97 Å². The molecule has 0 aliphatic carbocycles. The first-order valence-electron chi connectivity index (χ1n) is 12.2. The summed E-state index contributed by atoms with van der Waals surface area (Å²) in [6.07, 6.45) is 0.976. The highest BCUT2D eigenvalue weighted by Gasteiger charge is 2.32. The number of nitrogens with one attached hydrogen (secondary N) is 3. The normalized spacial score (nSPS) is 14.9. The van der Waals surface area contributed by atoms with Crippen LogP contribution in [0.15, 0.2) is 60.7 Å². The minimum atomic E-state index is -1.20. The highest BCUT2D eigenvalue weighted by atomic mass is 32.1. The van der Waals surface area contributed by atoms with Gasteiger partial charge < -0.3 is 26.8 Å². The maximum Gasteiger partial charge on any atom is 0.326 e. The first-order valence-corrected chi connectivity index (χ1v) is 12.9. The van der Waals surface area contributed by atoms with Gasteiger partial charge in [-0.3, -0.25) is 14.4 Å². The fraction of sp³-hybridized carbons (Fsp3) is 0.407. The van der Waals surface area contributed by atoms with Crippen molar-refractivity contribution < 1.29 is 24.3 Å². The smallest absolute Gasteiger partial charge is 0.326 e. The van der Waals surface area contributed by atoms with Crippen molar-refractivity contribution in [3.05, 3.63) is 71.8 Å². The molecule has 2 aromatic carbocycles. The van der Waals surface area contributed by atoms with Crippen LogP contribution in [0.3, 0.4) is 0 Å². The van der Waals surface area contributed by atoms with Gasteiger partial charge in [-0.2, -0.15) is 12.6 Å². The molecular weight excluding hydrogens is 492 g/mol. The summed E-state index contributed by atoms with van der Waals surface area (Å²) in [6, 6.07) is 14.1. The largest absolute Gasteiger partial charge is 0.480 e. The standard InChI is InChI=1S/C27H36N4O5S/c1-3-17(2)23(31-24(32)20(28)14-18-10-6-4-7-11-18)26(34)30-22(16-37)25(33)29-21(27(35)36)15-19-12-8-5-9-13-19/h4-13,17,20-23,37H,3,14-16,28H2,1-2H3,(H,29,33)(H,30,34)(H,31,32)(H,35,36). The highest BCUT2D eigenvalue weighted by molar-refractivity contribution is 7.80. The summed E-state index contributed by atoms with van der Waals surface area (Å²) >= 11 is 4.17. The molecule has 200 valence electrons. The van der Waals surface area contributed by atoms with Crippen molar-refractivity contribution in [1.82, 2.24) is 16.0 Å². The van der Waals surface area contributed by atoms with E-state index in [4.69, 9.17) is 5.73 Å². The molecule has 3 amide bonds. The number of carboxylic acid groups (broad SMARTS) is 1. The summed E-state index contributed by atoms with van der Waals surface area (Å²) in [5, 5.41) is 17.4. The third-order valence-corrected chi connectivity index (χ3v) is 6.51. The lowest BCUT2D eigenvalue weighted by Crippen LogP contribution is -2.59. The van der Waals surface area contributed by atoms with Gasteiger partial charge in [0.1, 0.15) is 18.1 Å². The van der Waals surface area contributed by atoms with Gasteiger partial charge in [0.25, 0.3) is 0 Å². The van der Waals surface area contributed by atoms with E-state index in [1.807, 2.05) is 50.2 Å². The SMILES string of the molecule is CCC(C)C(NC(=O)C(N)Cc1ccccc1)C(=O)NC(CS)C(=O)NC(Cc1ccccc1)C(=O)O. The van der Waals surface area contributed by atoms with Crippen molar-refractivity contribution in [2.45, 2.75) is 57.3 Å². The van der Waals surface area contributed by atoms with Crippen molar-refractivity contribution in [3.63, 3.8) is 0 Å². The van der Waals surface area contributed by atoms with Gasteiger partial charge in [0.05, 0.1) is 6.04 Å². The van der Waals surface area contributed by atoms with Crippen LogP contribution in [0, 0.1) is 5.92 Å². The van der Waals surface area contributed by atoms with Crippen LogP contribution in [-0.2, 0) is 32.0 Å². The number of carboxylic acids is 1. The van der Waals surface area contributed by atoms with E-state index in [2.05, 4.69) is 28.6 Å². The van der Waals surface area contributed by atoms with E-state index in [9.17, 15) is 24.3 Å². The summed E-state index contributed by atoms with van der Waals surface area (Å²) in [7, 11) is 0. The zero-order chi connectivity index (χ0) is 27.4. The van der Waals surface area contributed by atoms with E-state index in [1.165, 1.54) is 0 Å². The Morgan fingerprint density at radius 2 is 1.32 bits per heavy atom. The molecule has 0 saturated heterocycles. The Balaban J connectivity index is 2.05. The highest BCUT2D eigenvalue weighted by Crippen LogP contribution is 2.10. The Kier molecular flexibility index (Phi) is 12.1. The first-order chi connectivity index (χ1) is 17.7. The molecule has 5 unspecified atom stereocenters. The van der Waals surface area contributed by atoms with E-state index in [0.29, 0.717) is 12.8 Å². The Morgan fingerprint density at radius 3 is 1.81 bits per heavy atom. The number of carbonyl (C=O) groups excluding carboxylic acids is 3. The Labute approximate surface area is 223 Å². The molecule has 0 bridgehead atoms. The second-order valence-electron chi connectivity index (χ2n) is 9.00. The number of carbonyl (C=O) groups is 4. The lowest BCUT2D eigenvalue weighted by Gasteiger charge is -2.27. The van der Waals surface area contributed by atoms with E-state index in [0.717, 1.165) is 11.1 Å². The number of benzene rings is 2. The monoisotopic (exact) mass is 528 g/mol. The third-order valence-electron chi connectivity index (χ3n) is 6.14. The molecule has 0 aromatic heterocycles. The number of thiol groups is 1. The van der Waals surface area contributed by atoms with Crippen LogP contribution in [-0.4, -0.2) is 58.7 Å². The zero-order valence-corrected chi connectivity index (χ0v) is 22.0. The molecule has 9 nitrogen and oxygen atoms in total. The van der Waals surface area contributed by atoms with Crippen LogP contribution in [0.25, 0.3) is 0 Å². The lowest BCUT2D eigenvalue weighted by molar-refractivity contribution is -0.142. The Bertz CT molecular complexity index is 1040. The molecule has 0 spiro atoms. The van der Waals surface area contributed by atoms with Crippen molar-refractivity contribution in [1.29, 1.82) is 0 Å². The Hall–Kier alpha value is -3.37. The van der Waals surface area contributed by atoms with Gasteiger partial charge in [0, 0.05) is 12.2 Å². The van der Waals surface area contributed by atoms with Gasteiger partial charge in [-0.25, -0.2) is 4.79 Å². The molecule has 0 heterocycles. The van der Waals surface area contributed by atoms with Crippen molar-refractivity contribution in [3.8, 4) is 0 Å². The number of amides is 3. The zero-order valence-electron chi connectivity index (χ0n) is 21.1. The minimum absolute atomic E-state index is 0.0655. The summed E-state index contributed by atoms with van der Waals surface area (Å²) in [5.74, 6) is -3.24. The van der Waals surface area contributed by atoms with E-state index < -0.39 is 47.9 Å². The van der Waals surface area contributed by atoms with Crippen molar-refractivity contribution in [2.24, 2.45) is 11.7 Å². The van der Waals surface area contributed by atoms with E-state index in [1.54, 1.807) is 24.3 Å². The molecule has 0 aliphatic heterocycles. The second kappa shape index (κ2) is 15.0. The predicted molar refractivity (Wildman–Crippen MR) is 145 cm³/mol. The molecule has 2 rings (SSSR count). The van der Waals surface area contributed by atoms with Crippen molar-refractivity contribution in [2.75, 3.05) is 5.75 Å². The van der Waals surface area contributed by atoms with Crippen LogP contribution >= 0.6 is 12.6 Å². The minimum Gasteiger partial charge on any atom is -0.480 e. The molecule has 0 fully saturated rings. The number of aliphatic carboxylic acids is 1. The lowest BCUT2D eigenvalue weighted by atomic mass is 9.97. The molecule has 37 heavy (non-hydrogen) atoms. The van der Waals surface area contributed by atoms with Gasteiger partial charge in [-0.15, -0.1) is 0 Å². The maximum absolute atomic E-state index is 13.1. The predicted octanol–water partition coefficient (Wildman–Crippen LogP) is 1.31. The fourth-order valence-corrected chi connectivity index (χ4v) is 3.96. The third kappa shape index (κ3) is 9.55. The number of hydrogen-bond acceptors (Lipinski definition) is 6. The van der Waals surface area contributed by atoms with Gasteiger partial charge in [0.2, 0.25) is 17.7 Å². The number of hydrogen-bond donors (Lipinski definition) is 6. The average molecular weight is 529 g/mol. The van der Waals surface area contributed by atoms with Crippen molar-refractivity contribution >= 4 is 36.3 Å².